The van der Waals surface area contributed by atoms with Crippen molar-refractivity contribution in [1.29, 1.82) is 0 Å². The number of anilines is 1. The lowest BCUT2D eigenvalue weighted by atomic mass is 10.1. The summed E-state index contributed by atoms with van der Waals surface area (Å²) >= 11 is 6.05. The van der Waals surface area contributed by atoms with E-state index in [-0.39, 0.29) is 6.73 Å². The van der Waals surface area contributed by atoms with E-state index in [9.17, 15) is 4.79 Å². The van der Waals surface area contributed by atoms with E-state index in [1.807, 2.05) is 24.3 Å². The van der Waals surface area contributed by atoms with Crippen molar-refractivity contribution in [2.45, 2.75) is 19.8 Å². The van der Waals surface area contributed by atoms with Crippen LogP contribution in [0.4, 0.5) is 10.5 Å². The fourth-order valence-corrected chi connectivity index (χ4v) is 2.58. The number of ether oxygens (including phenoxy) is 3. The maximum atomic E-state index is 12.1. The highest BCUT2D eigenvalue weighted by Crippen LogP contribution is 2.35. The van der Waals surface area contributed by atoms with Crippen LogP contribution >= 0.6 is 11.6 Å². The maximum absolute atomic E-state index is 12.1. The van der Waals surface area contributed by atoms with E-state index in [0.717, 1.165) is 12.8 Å². The molecule has 140 valence electrons. The van der Waals surface area contributed by atoms with Gasteiger partial charge < -0.3 is 24.8 Å². The van der Waals surface area contributed by atoms with Gasteiger partial charge in [0, 0.05) is 12.1 Å². The average molecular weight is 379 g/mol. The Morgan fingerprint density at radius 3 is 2.38 bits per heavy atom. The predicted octanol–water partition coefficient (Wildman–Crippen LogP) is 4.47. The largest absolute Gasteiger partial charge is 0.495 e. The standard InChI is InChI=1S/C19H23ClN2O4/c1-4-5-13-6-8-14(9-7-13)26-12-21-19(23)22-16-11-17(24-2)15(20)10-18(16)25-3/h6-11H,4-5,12H2,1-3H3,(H2,21,22,23). The molecule has 0 saturated carbocycles. The minimum absolute atomic E-state index is 0.0337. The van der Waals surface area contributed by atoms with E-state index >= 15 is 0 Å². The molecule has 0 fully saturated rings. The van der Waals surface area contributed by atoms with Crippen LogP contribution in [0.1, 0.15) is 18.9 Å². The van der Waals surface area contributed by atoms with Crippen molar-refractivity contribution in [1.82, 2.24) is 5.32 Å². The molecular weight excluding hydrogens is 356 g/mol. The fourth-order valence-electron chi connectivity index (χ4n) is 2.35. The van der Waals surface area contributed by atoms with Crippen LogP contribution < -0.4 is 24.8 Å². The Balaban J connectivity index is 1.88. The molecule has 0 unspecified atom stereocenters. The molecule has 0 atom stereocenters. The van der Waals surface area contributed by atoms with Gasteiger partial charge in [0.1, 0.15) is 17.2 Å². The van der Waals surface area contributed by atoms with E-state index in [4.69, 9.17) is 25.8 Å². The molecule has 2 aromatic carbocycles. The van der Waals surface area contributed by atoms with Crippen LogP contribution in [0.2, 0.25) is 5.02 Å². The SMILES string of the molecule is CCCc1ccc(OCNC(=O)Nc2cc(OC)c(Cl)cc2OC)cc1. The molecular formula is C19H23ClN2O4. The van der Waals surface area contributed by atoms with Crippen molar-refractivity contribution < 1.29 is 19.0 Å². The molecule has 0 radical (unpaired) electrons. The second-order valence-electron chi connectivity index (χ2n) is 5.50. The normalized spacial score (nSPS) is 10.2. The average Bonchev–Trinajstić information content (AvgIpc) is 2.64. The number of methoxy groups -OCH3 is 2. The lowest BCUT2D eigenvalue weighted by molar-refractivity contribution is 0.234. The third kappa shape index (κ3) is 5.46. The summed E-state index contributed by atoms with van der Waals surface area (Å²) in [4.78, 5) is 12.1. The van der Waals surface area contributed by atoms with Crippen molar-refractivity contribution in [3.8, 4) is 17.2 Å². The first-order chi connectivity index (χ1) is 12.6. The van der Waals surface area contributed by atoms with Gasteiger partial charge in [-0.1, -0.05) is 37.1 Å². The number of amides is 2. The van der Waals surface area contributed by atoms with Crippen LogP contribution in [0.25, 0.3) is 0 Å². The number of rotatable bonds is 8. The Hall–Kier alpha value is -2.60. The van der Waals surface area contributed by atoms with Crippen LogP contribution in [-0.2, 0) is 6.42 Å². The van der Waals surface area contributed by atoms with E-state index in [1.54, 1.807) is 12.1 Å². The van der Waals surface area contributed by atoms with Crippen LogP contribution in [0.3, 0.4) is 0 Å². The molecule has 0 aromatic heterocycles. The summed E-state index contributed by atoms with van der Waals surface area (Å²) in [5, 5.41) is 5.70. The third-order valence-corrected chi connectivity index (χ3v) is 3.95. The molecule has 7 heteroatoms. The molecule has 0 aliphatic heterocycles. The van der Waals surface area contributed by atoms with Gasteiger partial charge in [-0.15, -0.1) is 0 Å². The van der Waals surface area contributed by atoms with Gasteiger partial charge in [-0.25, -0.2) is 4.79 Å². The van der Waals surface area contributed by atoms with Gasteiger partial charge in [-0.3, -0.25) is 0 Å². The number of hydrogen-bond donors (Lipinski definition) is 2. The first kappa shape index (κ1) is 19.7. The molecule has 0 heterocycles. The molecule has 0 aliphatic carbocycles. The number of carbonyl (C=O) groups excluding carboxylic acids is 1. The van der Waals surface area contributed by atoms with Crippen molar-refractivity contribution in [3.63, 3.8) is 0 Å². The molecule has 2 N–H and O–H groups in total. The minimum atomic E-state index is -0.435. The smallest absolute Gasteiger partial charge is 0.321 e. The number of halogens is 1. The summed E-state index contributed by atoms with van der Waals surface area (Å²) in [7, 11) is 2.99. The highest BCUT2D eigenvalue weighted by molar-refractivity contribution is 6.32. The fraction of sp³-hybridized carbons (Fsp3) is 0.316. The van der Waals surface area contributed by atoms with Crippen molar-refractivity contribution in [2.24, 2.45) is 0 Å². The molecule has 0 bridgehead atoms. The Labute approximate surface area is 158 Å². The molecule has 0 saturated heterocycles. The molecule has 26 heavy (non-hydrogen) atoms. The van der Waals surface area contributed by atoms with Gasteiger partial charge in [0.2, 0.25) is 0 Å². The predicted molar refractivity (Wildman–Crippen MR) is 103 cm³/mol. The Kier molecular flexibility index (Phi) is 7.41. The quantitative estimate of drug-likeness (QED) is 0.665. The number of nitrogens with one attached hydrogen (secondary N) is 2. The zero-order valence-electron chi connectivity index (χ0n) is 15.1. The lowest BCUT2D eigenvalue weighted by Crippen LogP contribution is -2.32. The Morgan fingerprint density at radius 1 is 1.08 bits per heavy atom. The molecule has 0 spiro atoms. The molecule has 0 aliphatic rings. The minimum Gasteiger partial charge on any atom is -0.495 e. The highest BCUT2D eigenvalue weighted by atomic mass is 35.5. The summed E-state index contributed by atoms with van der Waals surface area (Å²) in [6.07, 6.45) is 2.13. The maximum Gasteiger partial charge on any atom is 0.321 e. The van der Waals surface area contributed by atoms with Gasteiger partial charge >= 0.3 is 6.03 Å². The first-order valence-corrected chi connectivity index (χ1v) is 8.63. The van der Waals surface area contributed by atoms with Crippen LogP contribution in [-0.4, -0.2) is 27.0 Å². The monoisotopic (exact) mass is 378 g/mol. The Morgan fingerprint density at radius 2 is 1.77 bits per heavy atom. The summed E-state index contributed by atoms with van der Waals surface area (Å²) in [6.45, 7) is 2.17. The number of aryl methyl sites for hydroxylation is 1. The molecule has 2 rings (SSSR count). The second-order valence-corrected chi connectivity index (χ2v) is 5.91. The molecule has 2 amide bonds. The summed E-state index contributed by atoms with van der Waals surface area (Å²) in [5.41, 5.74) is 1.70. The van der Waals surface area contributed by atoms with Gasteiger partial charge in [0.05, 0.1) is 24.9 Å². The van der Waals surface area contributed by atoms with Crippen LogP contribution in [0.5, 0.6) is 17.2 Å². The van der Waals surface area contributed by atoms with Crippen molar-refractivity contribution >= 4 is 23.3 Å². The zero-order chi connectivity index (χ0) is 18.9. The van der Waals surface area contributed by atoms with Gasteiger partial charge in [-0.05, 0) is 24.1 Å². The number of benzene rings is 2. The van der Waals surface area contributed by atoms with Crippen LogP contribution in [0.15, 0.2) is 36.4 Å². The van der Waals surface area contributed by atoms with Crippen molar-refractivity contribution in [3.05, 3.63) is 47.0 Å². The third-order valence-electron chi connectivity index (χ3n) is 3.66. The topological polar surface area (TPSA) is 68.8 Å². The lowest BCUT2D eigenvalue weighted by Gasteiger charge is -2.14. The number of urea groups is 1. The van der Waals surface area contributed by atoms with E-state index in [2.05, 4.69) is 17.6 Å². The Bertz CT molecular complexity index is 735. The summed E-state index contributed by atoms with van der Waals surface area (Å²) in [6, 6.07) is 10.5. The van der Waals surface area contributed by atoms with E-state index in [0.29, 0.717) is 28.0 Å². The molecule has 6 nitrogen and oxygen atoms in total. The van der Waals surface area contributed by atoms with Gasteiger partial charge in [-0.2, -0.15) is 0 Å². The van der Waals surface area contributed by atoms with Gasteiger partial charge in [0.15, 0.2) is 6.73 Å². The zero-order valence-corrected chi connectivity index (χ0v) is 15.9. The number of carbonyl (C=O) groups is 1. The summed E-state index contributed by atoms with van der Waals surface area (Å²) < 4.78 is 15.9. The second kappa shape index (κ2) is 9.77. The van der Waals surface area contributed by atoms with Crippen molar-refractivity contribution in [2.75, 3.05) is 26.3 Å². The van der Waals surface area contributed by atoms with Gasteiger partial charge in [0.25, 0.3) is 0 Å². The molecule has 2 aromatic rings. The first-order valence-electron chi connectivity index (χ1n) is 8.25. The van der Waals surface area contributed by atoms with E-state index < -0.39 is 6.03 Å². The highest BCUT2D eigenvalue weighted by Gasteiger charge is 2.12. The summed E-state index contributed by atoms with van der Waals surface area (Å²) in [5.74, 6) is 1.56. The van der Waals surface area contributed by atoms with E-state index in [1.165, 1.54) is 19.8 Å². The van der Waals surface area contributed by atoms with Crippen LogP contribution in [0, 0.1) is 0 Å². The number of hydrogen-bond acceptors (Lipinski definition) is 4.